The topological polar surface area (TPSA) is 86.8 Å². The molecule has 156 valence electrons. The molecule has 1 aliphatic heterocycles. The van der Waals surface area contributed by atoms with Crippen LogP contribution in [-0.4, -0.2) is 63.8 Å². The predicted octanol–water partition coefficient (Wildman–Crippen LogP) is 1.31. The van der Waals surface area contributed by atoms with E-state index in [0.717, 1.165) is 18.2 Å². The fraction of sp³-hybridized carbons (Fsp3) is 0.529. The standard InChI is InChI=1S/C17H22F3N3O4S/c1-22(2)16(25)12-5-4-8-23(11-12)15(24)10-21-28(26,27)14-7-3-6-13(9-14)17(18,19)20/h3,6-7,9,12,21H,4-5,8,10-11H2,1-2H3. The van der Waals surface area contributed by atoms with Crippen LogP contribution in [-0.2, 0) is 25.8 Å². The Morgan fingerprint density at radius 2 is 1.96 bits per heavy atom. The Labute approximate surface area is 161 Å². The van der Waals surface area contributed by atoms with Crippen molar-refractivity contribution in [3.8, 4) is 0 Å². The van der Waals surface area contributed by atoms with Crippen molar-refractivity contribution < 1.29 is 31.2 Å². The minimum absolute atomic E-state index is 0.109. The highest BCUT2D eigenvalue weighted by Crippen LogP contribution is 2.30. The van der Waals surface area contributed by atoms with Crippen molar-refractivity contribution in [2.24, 2.45) is 5.92 Å². The fourth-order valence-corrected chi connectivity index (χ4v) is 3.98. The Balaban J connectivity index is 2.02. The Hall–Kier alpha value is -2.14. The average molecular weight is 421 g/mol. The Morgan fingerprint density at radius 3 is 2.57 bits per heavy atom. The van der Waals surface area contributed by atoms with Crippen molar-refractivity contribution >= 4 is 21.8 Å². The van der Waals surface area contributed by atoms with Crippen LogP contribution in [0.3, 0.4) is 0 Å². The highest BCUT2D eigenvalue weighted by atomic mass is 32.2. The molecule has 0 spiro atoms. The molecule has 0 bridgehead atoms. The van der Waals surface area contributed by atoms with E-state index in [2.05, 4.69) is 0 Å². The first-order chi connectivity index (χ1) is 12.9. The van der Waals surface area contributed by atoms with Crippen LogP contribution in [0.1, 0.15) is 18.4 Å². The van der Waals surface area contributed by atoms with Crippen LogP contribution in [0.2, 0.25) is 0 Å². The van der Waals surface area contributed by atoms with Crippen molar-refractivity contribution in [1.82, 2.24) is 14.5 Å². The molecule has 1 aromatic carbocycles. The van der Waals surface area contributed by atoms with Crippen LogP contribution in [0.5, 0.6) is 0 Å². The SMILES string of the molecule is CN(C)C(=O)C1CCCN(C(=O)CNS(=O)(=O)c2cccc(C(F)(F)F)c2)C1. The minimum Gasteiger partial charge on any atom is -0.349 e. The maximum Gasteiger partial charge on any atom is 0.416 e. The molecule has 7 nitrogen and oxygen atoms in total. The second-order valence-electron chi connectivity index (χ2n) is 6.76. The number of nitrogens with zero attached hydrogens (tertiary/aromatic N) is 2. The van der Waals surface area contributed by atoms with Crippen LogP contribution in [0.25, 0.3) is 0 Å². The number of hydrogen-bond donors (Lipinski definition) is 1. The second-order valence-corrected chi connectivity index (χ2v) is 8.53. The maximum absolute atomic E-state index is 12.8. The molecule has 1 aliphatic rings. The lowest BCUT2D eigenvalue weighted by molar-refractivity contribution is -0.139. The molecule has 1 saturated heterocycles. The lowest BCUT2D eigenvalue weighted by Crippen LogP contribution is -2.48. The van der Waals surface area contributed by atoms with Gasteiger partial charge in [0.1, 0.15) is 0 Å². The number of nitrogens with one attached hydrogen (secondary N) is 1. The molecule has 0 aromatic heterocycles. The van der Waals surface area contributed by atoms with Gasteiger partial charge in [-0.1, -0.05) is 6.07 Å². The summed E-state index contributed by atoms with van der Waals surface area (Å²) in [5.74, 6) is -0.998. The number of alkyl halides is 3. The van der Waals surface area contributed by atoms with Gasteiger partial charge in [-0.2, -0.15) is 13.2 Å². The highest BCUT2D eigenvalue weighted by Gasteiger charge is 2.32. The first-order valence-electron chi connectivity index (χ1n) is 8.57. The van der Waals surface area contributed by atoms with Gasteiger partial charge < -0.3 is 9.80 Å². The molecule has 1 heterocycles. The van der Waals surface area contributed by atoms with Crippen LogP contribution < -0.4 is 4.72 Å². The summed E-state index contributed by atoms with van der Waals surface area (Å²) in [4.78, 5) is 26.7. The lowest BCUT2D eigenvalue weighted by Gasteiger charge is -2.33. The molecule has 1 aromatic rings. The van der Waals surface area contributed by atoms with E-state index >= 15 is 0 Å². The van der Waals surface area contributed by atoms with Gasteiger partial charge >= 0.3 is 6.18 Å². The third kappa shape index (κ3) is 5.44. The van der Waals surface area contributed by atoms with Crippen molar-refractivity contribution in [2.45, 2.75) is 23.9 Å². The molecule has 1 N–H and O–H groups in total. The summed E-state index contributed by atoms with van der Waals surface area (Å²) in [5, 5.41) is 0. The average Bonchev–Trinajstić information content (AvgIpc) is 2.65. The molecule has 1 unspecified atom stereocenters. The molecule has 2 amide bonds. The van der Waals surface area contributed by atoms with Crippen molar-refractivity contribution in [2.75, 3.05) is 33.7 Å². The quantitative estimate of drug-likeness (QED) is 0.777. The number of halogens is 3. The summed E-state index contributed by atoms with van der Waals surface area (Å²) in [6.07, 6.45) is -3.43. The van der Waals surface area contributed by atoms with E-state index in [1.54, 1.807) is 14.1 Å². The molecular formula is C17H22F3N3O4S. The number of amides is 2. The van der Waals surface area contributed by atoms with Gasteiger partial charge in [-0.05, 0) is 31.0 Å². The third-order valence-electron chi connectivity index (χ3n) is 4.45. The van der Waals surface area contributed by atoms with E-state index in [0.29, 0.717) is 25.5 Å². The molecule has 0 saturated carbocycles. The first kappa shape index (κ1) is 22.2. The van der Waals surface area contributed by atoms with Gasteiger partial charge in [0.25, 0.3) is 0 Å². The number of carbonyl (C=O) groups excluding carboxylic acids is 2. The van der Waals surface area contributed by atoms with Gasteiger partial charge in [-0.15, -0.1) is 0 Å². The van der Waals surface area contributed by atoms with Crippen LogP contribution in [0, 0.1) is 5.92 Å². The monoisotopic (exact) mass is 421 g/mol. The van der Waals surface area contributed by atoms with Crippen molar-refractivity contribution in [3.05, 3.63) is 29.8 Å². The Morgan fingerprint density at radius 1 is 1.29 bits per heavy atom. The van der Waals surface area contributed by atoms with E-state index in [-0.39, 0.29) is 18.4 Å². The first-order valence-corrected chi connectivity index (χ1v) is 10.1. The number of hydrogen-bond acceptors (Lipinski definition) is 4. The van der Waals surface area contributed by atoms with Crippen LogP contribution in [0.15, 0.2) is 29.2 Å². The minimum atomic E-state index is -4.68. The van der Waals surface area contributed by atoms with Gasteiger partial charge in [0.05, 0.1) is 22.9 Å². The number of benzene rings is 1. The normalized spacial score (nSPS) is 18.0. The van der Waals surface area contributed by atoms with Gasteiger partial charge in [0.15, 0.2) is 0 Å². The molecular weight excluding hydrogens is 399 g/mol. The number of piperidine rings is 1. The van der Waals surface area contributed by atoms with Crippen molar-refractivity contribution in [3.63, 3.8) is 0 Å². The molecule has 0 radical (unpaired) electrons. The number of carbonyl (C=O) groups is 2. The maximum atomic E-state index is 12.8. The van der Waals surface area contributed by atoms with E-state index < -0.39 is 39.1 Å². The fourth-order valence-electron chi connectivity index (χ4n) is 2.96. The lowest BCUT2D eigenvalue weighted by atomic mass is 9.96. The van der Waals surface area contributed by atoms with Gasteiger partial charge in [0.2, 0.25) is 21.8 Å². The number of sulfonamides is 1. The third-order valence-corrected chi connectivity index (χ3v) is 5.85. The summed E-state index contributed by atoms with van der Waals surface area (Å²) >= 11 is 0. The molecule has 1 atom stereocenters. The second kappa shape index (κ2) is 8.48. The summed E-state index contributed by atoms with van der Waals surface area (Å²) in [6.45, 7) is -0.0239. The Kier molecular flexibility index (Phi) is 6.71. The summed E-state index contributed by atoms with van der Waals surface area (Å²) in [6, 6.07) is 3.29. The van der Waals surface area contributed by atoms with Crippen molar-refractivity contribution in [1.29, 1.82) is 0 Å². The zero-order chi connectivity index (χ0) is 21.1. The predicted molar refractivity (Wildman–Crippen MR) is 94.6 cm³/mol. The largest absolute Gasteiger partial charge is 0.416 e. The Bertz CT molecular complexity index is 840. The van der Waals surface area contributed by atoms with Crippen LogP contribution in [0.4, 0.5) is 13.2 Å². The smallest absolute Gasteiger partial charge is 0.349 e. The van der Waals surface area contributed by atoms with E-state index in [9.17, 15) is 31.2 Å². The molecule has 2 rings (SSSR count). The number of likely N-dealkylation sites (tertiary alicyclic amines) is 1. The number of rotatable bonds is 5. The zero-order valence-electron chi connectivity index (χ0n) is 15.5. The molecule has 11 heteroatoms. The van der Waals surface area contributed by atoms with E-state index in [4.69, 9.17) is 0 Å². The molecule has 1 fully saturated rings. The highest BCUT2D eigenvalue weighted by molar-refractivity contribution is 7.89. The van der Waals surface area contributed by atoms with Gasteiger partial charge in [-0.3, -0.25) is 9.59 Å². The molecule has 28 heavy (non-hydrogen) atoms. The van der Waals surface area contributed by atoms with Crippen LogP contribution >= 0.6 is 0 Å². The van der Waals surface area contributed by atoms with E-state index in [1.165, 1.54) is 9.80 Å². The summed E-state index contributed by atoms with van der Waals surface area (Å²) in [7, 11) is -1.06. The summed E-state index contributed by atoms with van der Waals surface area (Å²) in [5.41, 5.74) is -1.09. The van der Waals surface area contributed by atoms with Gasteiger partial charge in [-0.25, -0.2) is 13.1 Å². The van der Waals surface area contributed by atoms with Gasteiger partial charge in [0, 0.05) is 27.2 Å². The molecule has 0 aliphatic carbocycles. The zero-order valence-corrected chi connectivity index (χ0v) is 16.3. The van der Waals surface area contributed by atoms with E-state index in [1.807, 2.05) is 4.72 Å². The summed E-state index contributed by atoms with van der Waals surface area (Å²) < 4.78 is 64.8.